The van der Waals surface area contributed by atoms with Crippen molar-refractivity contribution in [1.82, 2.24) is 3.97 Å². The molecule has 27 heavy (non-hydrogen) atoms. The van der Waals surface area contributed by atoms with Gasteiger partial charge in [0.05, 0.1) is 5.69 Å². The number of hydrogen-bond acceptors (Lipinski definition) is 5. The van der Waals surface area contributed by atoms with E-state index in [1.165, 1.54) is 6.07 Å². The normalized spacial score (nSPS) is 12.9. The quantitative estimate of drug-likeness (QED) is 0.324. The Balaban J connectivity index is 2.83. The largest absolute Gasteiger partial charge is 0.274 e. The van der Waals surface area contributed by atoms with E-state index in [-0.39, 0.29) is 3.97 Å². The molecule has 0 aliphatic heterocycles. The number of aromatic nitrogens is 1. The van der Waals surface area contributed by atoms with E-state index >= 15 is 0 Å². The average molecular weight is 426 g/mol. The molecule has 0 fully saturated rings. The third-order valence-electron chi connectivity index (χ3n) is 3.22. The first-order valence-electron chi connectivity index (χ1n) is 6.60. The van der Waals surface area contributed by atoms with Gasteiger partial charge in [-0.1, -0.05) is 0 Å². The molecular formula is C14H7F5N2O4S2. The van der Waals surface area contributed by atoms with Gasteiger partial charge < -0.3 is 0 Å². The van der Waals surface area contributed by atoms with Crippen LogP contribution in [0, 0.1) is 40.4 Å². The number of halogens is 5. The fourth-order valence-corrected chi connectivity index (χ4v) is 3.93. The van der Waals surface area contributed by atoms with Gasteiger partial charge in [0.1, 0.15) is 11.0 Å². The van der Waals surface area contributed by atoms with E-state index in [0.29, 0.717) is 18.5 Å². The first-order chi connectivity index (χ1) is 12.3. The van der Waals surface area contributed by atoms with Crippen LogP contribution in [-0.4, -0.2) is 27.1 Å². The van der Waals surface area contributed by atoms with Gasteiger partial charge in [-0.25, -0.2) is 42.8 Å². The van der Waals surface area contributed by atoms with E-state index in [4.69, 9.17) is 5.26 Å². The Labute approximate surface area is 149 Å². The number of sulfone groups is 1. The van der Waals surface area contributed by atoms with Gasteiger partial charge in [-0.15, -0.1) is 0 Å². The zero-order chi connectivity index (χ0) is 20.7. The van der Waals surface area contributed by atoms with Crippen LogP contribution in [0.2, 0.25) is 0 Å². The van der Waals surface area contributed by atoms with Crippen LogP contribution in [0.15, 0.2) is 28.1 Å². The molecule has 0 spiro atoms. The maximum absolute atomic E-state index is 13.9. The Kier molecular flexibility index (Phi) is 5.17. The van der Waals surface area contributed by atoms with Crippen LogP contribution in [-0.2, 0) is 19.9 Å². The number of allylic oxidation sites excluding steroid dienone is 1. The van der Waals surface area contributed by atoms with E-state index in [9.17, 15) is 38.8 Å². The summed E-state index contributed by atoms with van der Waals surface area (Å²) in [6.45, 7) is 0. The minimum Gasteiger partial charge on any atom is -0.242 e. The standard InChI is InChI=1S/C14H7F5N2O4S2/c1-26(22,23)8(6-20)5-7-3-2-4-21(7)27(24,25)14-12(18)10(16)9(15)11(17)13(14)19/h2-5H,1H3/b8-5+. The monoisotopic (exact) mass is 426 g/mol. The molecule has 0 saturated heterocycles. The molecule has 1 aromatic carbocycles. The van der Waals surface area contributed by atoms with Crippen molar-refractivity contribution in [2.24, 2.45) is 0 Å². The summed E-state index contributed by atoms with van der Waals surface area (Å²) in [6, 6.07) is 3.24. The molecule has 0 aliphatic carbocycles. The summed E-state index contributed by atoms with van der Waals surface area (Å²) in [5.74, 6) is -12.6. The SMILES string of the molecule is CS(=O)(=O)/C(C#N)=C/c1cccn1S(=O)(=O)c1c(F)c(F)c(F)c(F)c1F. The Morgan fingerprint density at radius 1 is 1.00 bits per heavy atom. The van der Waals surface area contributed by atoms with Gasteiger partial charge in [0.25, 0.3) is 10.0 Å². The smallest absolute Gasteiger partial charge is 0.242 e. The van der Waals surface area contributed by atoms with Crippen LogP contribution < -0.4 is 0 Å². The number of nitrogens with zero attached hydrogens (tertiary/aromatic N) is 2. The fourth-order valence-electron chi connectivity index (χ4n) is 1.98. The van der Waals surface area contributed by atoms with Crippen molar-refractivity contribution in [3.8, 4) is 6.07 Å². The van der Waals surface area contributed by atoms with Crippen molar-refractivity contribution in [2.75, 3.05) is 6.26 Å². The molecular weight excluding hydrogens is 419 g/mol. The Hall–Kier alpha value is -2.72. The highest BCUT2D eigenvalue weighted by molar-refractivity contribution is 7.95. The summed E-state index contributed by atoms with van der Waals surface area (Å²) in [4.78, 5) is -3.02. The molecule has 0 atom stereocenters. The number of benzene rings is 1. The molecule has 0 aliphatic rings. The summed E-state index contributed by atoms with van der Waals surface area (Å²) in [7, 11) is -9.46. The van der Waals surface area contributed by atoms with Gasteiger partial charge >= 0.3 is 0 Å². The molecule has 0 N–H and O–H groups in total. The van der Waals surface area contributed by atoms with Crippen molar-refractivity contribution in [1.29, 1.82) is 5.26 Å². The summed E-state index contributed by atoms with van der Waals surface area (Å²) < 4.78 is 115. The lowest BCUT2D eigenvalue weighted by molar-refractivity contribution is 0.357. The van der Waals surface area contributed by atoms with Gasteiger partial charge in [0.2, 0.25) is 5.82 Å². The maximum atomic E-state index is 13.9. The zero-order valence-corrected chi connectivity index (χ0v) is 14.7. The van der Waals surface area contributed by atoms with Crippen LogP contribution >= 0.6 is 0 Å². The van der Waals surface area contributed by atoms with Crippen molar-refractivity contribution in [3.05, 3.63) is 58.0 Å². The lowest BCUT2D eigenvalue weighted by Gasteiger charge is -2.12. The van der Waals surface area contributed by atoms with E-state index in [1.54, 1.807) is 0 Å². The molecule has 6 nitrogen and oxygen atoms in total. The summed E-state index contributed by atoms with van der Waals surface area (Å²) in [5.41, 5.74) is -0.569. The second-order valence-electron chi connectivity index (χ2n) is 5.03. The van der Waals surface area contributed by atoms with Crippen LogP contribution in [0.4, 0.5) is 22.0 Å². The molecule has 2 aromatic rings. The van der Waals surface area contributed by atoms with Gasteiger partial charge in [0, 0.05) is 12.5 Å². The second kappa shape index (κ2) is 6.78. The highest BCUT2D eigenvalue weighted by Crippen LogP contribution is 2.29. The third kappa shape index (κ3) is 3.45. The van der Waals surface area contributed by atoms with E-state index < -0.39 is 64.4 Å². The van der Waals surface area contributed by atoms with Gasteiger partial charge in [-0.3, -0.25) is 0 Å². The minimum atomic E-state index is -5.38. The molecule has 1 heterocycles. The first kappa shape index (κ1) is 20.6. The van der Waals surface area contributed by atoms with Gasteiger partial charge in [-0.2, -0.15) is 5.26 Å². The van der Waals surface area contributed by atoms with Crippen LogP contribution in [0.3, 0.4) is 0 Å². The van der Waals surface area contributed by atoms with E-state index in [1.807, 2.05) is 0 Å². The minimum absolute atomic E-state index is 0.0772. The Morgan fingerprint density at radius 3 is 1.93 bits per heavy atom. The lowest BCUT2D eigenvalue weighted by Crippen LogP contribution is -2.20. The maximum Gasteiger partial charge on any atom is 0.274 e. The predicted octanol–water partition coefficient (Wildman–Crippen LogP) is 2.33. The molecule has 0 amide bonds. The van der Waals surface area contributed by atoms with Crippen LogP contribution in [0.1, 0.15) is 5.69 Å². The highest BCUT2D eigenvalue weighted by atomic mass is 32.2. The van der Waals surface area contributed by atoms with Crippen molar-refractivity contribution in [2.45, 2.75) is 4.90 Å². The summed E-state index contributed by atoms with van der Waals surface area (Å²) in [6.07, 6.45) is 1.89. The Bertz CT molecular complexity index is 1200. The topological polar surface area (TPSA) is 97.0 Å². The third-order valence-corrected chi connectivity index (χ3v) is 5.95. The van der Waals surface area contributed by atoms with Crippen molar-refractivity contribution >= 4 is 25.9 Å². The highest BCUT2D eigenvalue weighted by Gasteiger charge is 2.35. The van der Waals surface area contributed by atoms with Crippen LogP contribution in [0.5, 0.6) is 0 Å². The first-order valence-corrected chi connectivity index (χ1v) is 9.93. The van der Waals surface area contributed by atoms with Crippen molar-refractivity contribution in [3.63, 3.8) is 0 Å². The molecule has 0 bridgehead atoms. The number of hydrogen-bond donors (Lipinski definition) is 0. The Morgan fingerprint density at radius 2 is 1.48 bits per heavy atom. The number of nitriles is 1. The second-order valence-corrected chi connectivity index (χ2v) is 8.76. The molecule has 2 rings (SSSR count). The van der Waals surface area contributed by atoms with Gasteiger partial charge in [0.15, 0.2) is 38.0 Å². The van der Waals surface area contributed by atoms with E-state index in [2.05, 4.69) is 0 Å². The molecule has 13 heteroatoms. The molecule has 144 valence electrons. The average Bonchev–Trinajstić information content (AvgIpc) is 3.04. The van der Waals surface area contributed by atoms with Gasteiger partial charge in [-0.05, 0) is 18.2 Å². The molecule has 0 saturated carbocycles. The van der Waals surface area contributed by atoms with Crippen LogP contribution in [0.25, 0.3) is 6.08 Å². The summed E-state index contributed by atoms with van der Waals surface area (Å²) >= 11 is 0. The molecule has 0 unspecified atom stereocenters. The number of rotatable bonds is 4. The lowest BCUT2D eigenvalue weighted by atomic mass is 10.3. The zero-order valence-electron chi connectivity index (χ0n) is 13.0. The van der Waals surface area contributed by atoms with Crippen molar-refractivity contribution < 1.29 is 38.8 Å². The predicted molar refractivity (Wildman–Crippen MR) is 81.7 cm³/mol. The fraction of sp³-hybridized carbons (Fsp3) is 0.0714. The summed E-state index contributed by atoms with van der Waals surface area (Å²) in [5, 5.41) is 8.85. The molecule has 0 radical (unpaired) electrons. The molecule has 1 aromatic heterocycles. The van der Waals surface area contributed by atoms with E-state index in [0.717, 1.165) is 12.1 Å².